The Morgan fingerprint density at radius 2 is 2.04 bits per heavy atom. The van der Waals surface area contributed by atoms with E-state index in [-0.39, 0.29) is 23.7 Å². The monoisotopic (exact) mass is 379 g/mol. The lowest BCUT2D eigenvalue weighted by Gasteiger charge is -2.30. The van der Waals surface area contributed by atoms with Crippen molar-refractivity contribution in [1.29, 1.82) is 0 Å². The van der Waals surface area contributed by atoms with Gasteiger partial charge in [0.15, 0.2) is 0 Å². The molecule has 24 heavy (non-hydrogen) atoms. The third-order valence-corrected chi connectivity index (χ3v) is 6.21. The van der Waals surface area contributed by atoms with Gasteiger partial charge in [0.2, 0.25) is 5.13 Å². The molecular weight excluding hydrogens is 362 g/mol. The molecule has 0 aliphatic heterocycles. The first-order valence-electron chi connectivity index (χ1n) is 7.54. The minimum atomic E-state index is -3.28. The number of hydrogen-bond acceptors (Lipinski definition) is 2. The summed E-state index contributed by atoms with van der Waals surface area (Å²) in [5.41, 5.74) is 0.929. The maximum absolute atomic E-state index is 14.1. The molecule has 3 rings (SSSR count). The highest BCUT2D eigenvalue weighted by molar-refractivity contribution is 7.70. The van der Waals surface area contributed by atoms with Crippen molar-refractivity contribution < 1.29 is 22.8 Å². The summed E-state index contributed by atoms with van der Waals surface area (Å²) in [7, 11) is -2.92. The number of allylic oxidation sites excluding steroid dienone is 4. The van der Waals surface area contributed by atoms with Crippen LogP contribution < -0.4 is 5.30 Å². The first-order valence-corrected chi connectivity index (χ1v) is 10.5. The van der Waals surface area contributed by atoms with Gasteiger partial charge in [-0.05, 0) is 31.9 Å². The fourth-order valence-corrected chi connectivity index (χ4v) is 4.68. The summed E-state index contributed by atoms with van der Waals surface area (Å²) in [4.78, 5) is 0. The van der Waals surface area contributed by atoms with E-state index in [1.54, 1.807) is 10.6 Å². The van der Waals surface area contributed by atoms with Crippen LogP contribution in [0.4, 0.5) is 13.2 Å². The largest absolute Gasteiger partial charge is 0.382 e. The standard InChI is InChI=1S/C16H18ClF3NO2P/c1-24(2,23)12-9-21(10-4-3-6-15(17,18)8-10)11-5-7-16(19,20)14(22)13(11)12/h3-4,6,9,14,22H,5,7-8H2,1-2H3. The highest BCUT2D eigenvalue weighted by Gasteiger charge is 2.47. The van der Waals surface area contributed by atoms with Crippen molar-refractivity contribution in [2.75, 3.05) is 13.3 Å². The lowest BCUT2D eigenvalue weighted by Crippen LogP contribution is -2.34. The van der Waals surface area contributed by atoms with Gasteiger partial charge in [-0.15, -0.1) is 0 Å². The molecule has 0 saturated heterocycles. The van der Waals surface area contributed by atoms with Crippen molar-refractivity contribution in [3.63, 3.8) is 0 Å². The maximum atomic E-state index is 14.1. The molecule has 3 nitrogen and oxygen atoms in total. The van der Waals surface area contributed by atoms with E-state index in [0.29, 0.717) is 11.4 Å². The molecule has 1 N–H and O–H groups in total. The number of fused-ring (bicyclic) bond motifs is 1. The molecule has 1 aromatic heterocycles. The zero-order chi connectivity index (χ0) is 17.9. The smallest absolute Gasteiger partial charge is 0.278 e. The van der Waals surface area contributed by atoms with E-state index in [0.717, 1.165) is 0 Å². The summed E-state index contributed by atoms with van der Waals surface area (Å²) in [6, 6.07) is 0. The second-order valence-corrected chi connectivity index (χ2v) is 10.5. The number of nitrogens with zero attached hydrogens (tertiary/aromatic N) is 1. The van der Waals surface area contributed by atoms with Crippen LogP contribution in [0.2, 0.25) is 0 Å². The molecule has 0 bridgehead atoms. The fraction of sp³-hybridized carbons (Fsp3) is 0.500. The number of hydrogen-bond donors (Lipinski definition) is 1. The summed E-state index contributed by atoms with van der Waals surface area (Å²) < 4.78 is 56.1. The van der Waals surface area contributed by atoms with E-state index in [9.17, 15) is 22.8 Å². The van der Waals surface area contributed by atoms with Crippen LogP contribution >= 0.6 is 18.7 Å². The van der Waals surface area contributed by atoms with Crippen LogP contribution in [0.25, 0.3) is 5.70 Å². The second-order valence-electron chi connectivity index (χ2n) is 6.71. The van der Waals surface area contributed by atoms with Gasteiger partial charge in [0.1, 0.15) is 13.2 Å². The van der Waals surface area contributed by atoms with Crippen molar-refractivity contribution in [1.82, 2.24) is 4.57 Å². The minimum Gasteiger partial charge on any atom is -0.382 e. The predicted molar refractivity (Wildman–Crippen MR) is 89.5 cm³/mol. The van der Waals surface area contributed by atoms with Crippen LogP contribution in [0.3, 0.4) is 0 Å². The summed E-state index contributed by atoms with van der Waals surface area (Å²) >= 11 is 5.74. The first kappa shape index (κ1) is 17.8. The van der Waals surface area contributed by atoms with Crippen LogP contribution in [0.5, 0.6) is 0 Å². The molecule has 2 aliphatic rings. The van der Waals surface area contributed by atoms with E-state index in [2.05, 4.69) is 0 Å². The van der Waals surface area contributed by atoms with Gasteiger partial charge in [0, 0.05) is 41.3 Å². The first-order chi connectivity index (χ1) is 10.9. The van der Waals surface area contributed by atoms with E-state index >= 15 is 0 Å². The minimum absolute atomic E-state index is 0.00200. The van der Waals surface area contributed by atoms with E-state index in [1.807, 2.05) is 0 Å². The second kappa shape index (κ2) is 5.52. The number of halogens is 4. The van der Waals surface area contributed by atoms with E-state index < -0.39 is 30.7 Å². The van der Waals surface area contributed by atoms with Gasteiger partial charge in [-0.25, -0.2) is 13.2 Å². The Morgan fingerprint density at radius 1 is 1.38 bits per heavy atom. The molecule has 2 atom stereocenters. The van der Waals surface area contributed by atoms with Crippen molar-refractivity contribution in [3.8, 4) is 0 Å². The zero-order valence-electron chi connectivity index (χ0n) is 13.3. The summed E-state index contributed by atoms with van der Waals surface area (Å²) in [5, 5.41) is 8.28. The Bertz CT molecular complexity index is 791. The lowest BCUT2D eigenvalue weighted by atomic mass is 9.91. The van der Waals surface area contributed by atoms with Crippen LogP contribution in [-0.2, 0) is 11.0 Å². The molecule has 2 aliphatic carbocycles. The molecular formula is C16H18ClF3NO2P. The Morgan fingerprint density at radius 3 is 2.62 bits per heavy atom. The van der Waals surface area contributed by atoms with Crippen molar-refractivity contribution >= 4 is 29.7 Å². The van der Waals surface area contributed by atoms with Crippen molar-refractivity contribution in [2.24, 2.45) is 0 Å². The van der Waals surface area contributed by atoms with Gasteiger partial charge in [0.05, 0.1) is 0 Å². The summed E-state index contributed by atoms with van der Waals surface area (Å²) in [6.45, 7) is 2.92. The Kier molecular flexibility index (Phi) is 4.10. The number of rotatable bonds is 2. The van der Waals surface area contributed by atoms with Crippen LogP contribution in [0.15, 0.2) is 24.4 Å². The van der Waals surface area contributed by atoms with Gasteiger partial charge in [0.25, 0.3) is 5.92 Å². The lowest BCUT2D eigenvalue weighted by molar-refractivity contribution is -0.121. The molecule has 0 radical (unpaired) electrons. The average Bonchev–Trinajstić information content (AvgIpc) is 2.82. The molecule has 1 aromatic rings. The third-order valence-electron chi connectivity index (χ3n) is 4.43. The van der Waals surface area contributed by atoms with Gasteiger partial charge < -0.3 is 14.2 Å². The summed E-state index contributed by atoms with van der Waals surface area (Å²) in [5.74, 6) is -3.28. The molecule has 0 spiro atoms. The fourth-order valence-electron chi connectivity index (χ4n) is 3.24. The van der Waals surface area contributed by atoms with Crippen LogP contribution in [0, 0.1) is 0 Å². The van der Waals surface area contributed by atoms with Gasteiger partial charge >= 0.3 is 0 Å². The van der Waals surface area contributed by atoms with E-state index in [1.165, 1.54) is 31.7 Å². The average molecular weight is 380 g/mol. The third kappa shape index (κ3) is 3.00. The molecule has 132 valence electrons. The van der Waals surface area contributed by atoms with Crippen LogP contribution in [0.1, 0.15) is 30.2 Å². The predicted octanol–water partition coefficient (Wildman–Crippen LogP) is 4.06. The number of aliphatic hydroxyl groups is 1. The SMILES string of the molecule is CP(C)(=O)c1cn(C2=CC=CC(F)(Cl)C2)c2c1C(O)C(F)(F)CC2. The Balaban J connectivity index is 2.19. The number of aliphatic hydroxyl groups excluding tert-OH is 1. The van der Waals surface area contributed by atoms with Gasteiger partial charge in [-0.3, -0.25) is 0 Å². The molecule has 0 saturated carbocycles. The van der Waals surface area contributed by atoms with E-state index in [4.69, 9.17) is 11.6 Å². The summed E-state index contributed by atoms with van der Waals surface area (Å²) in [6.07, 6.45) is 3.11. The van der Waals surface area contributed by atoms with Crippen molar-refractivity contribution in [2.45, 2.75) is 36.4 Å². The molecule has 8 heteroatoms. The maximum Gasteiger partial charge on any atom is 0.278 e. The number of aromatic nitrogens is 1. The Hall–Kier alpha value is -0.970. The Labute approximate surface area is 143 Å². The normalized spacial score (nSPS) is 29.3. The van der Waals surface area contributed by atoms with Gasteiger partial charge in [-0.1, -0.05) is 17.7 Å². The quantitative estimate of drug-likeness (QED) is 0.622. The molecule has 0 fully saturated rings. The van der Waals surface area contributed by atoms with Crippen LogP contribution in [-0.4, -0.2) is 34.1 Å². The molecule has 0 amide bonds. The molecule has 1 heterocycles. The number of alkyl halides is 4. The highest BCUT2D eigenvalue weighted by Crippen LogP contribution is 2.48. The zero-order valence-corrected chi connectivity index (χ0v) is 14.9. The van der Waals surface area contributed by atoms with Crippen molar-refractivity contribution in [3.05, 3.63) is 35.7 Å². The highest BCUT2D eigenvalue weighted by atomic mass is 35.5. The molecule has 0 aromatic carbocycles. The van der Waals surface area contributed by atoms with Gasteiger partial charge in [-0.2, -0.15) is 0 Å². The molecule has 2 unspecified atom stereocenters. The topological polar surface area (TPSA) is 42.2 Å².